The molecule has 1 aliphatic heterocycles. The minimum Gasteiger partial charge on any atom is -0.488 e. The lowest BCUT2D eigenvalue weighted by molar-refractivity contribution is -0.123. The van der Waals surface area contributed by atoms with E-state index in [1.807, 2.05) is 72.1 Å². The first-order valence-corrected chi connectivity index (χ1v) is 14.3. The van der Waals surface area contributed by atoms with E-state index in [4.69, 9.17) is 32.7 Å². The molecule has 4 rings (SSSR count). The molecule has 1 aliphatic rings. The lowest BCUT2D eigenvalue weighted by Gasteiger charge is -2.11. The smallest absolute Gasteiger partial charge is 0.277 e. The van der Waals surface area contributed by atoms with Crippen LogP contribution < -0.4 is 14.9 Å². The molecule has 1 saturated heterocycles. The monoisotopic (exact) mass is 610 g/mol. The molecular weight excluding hydrogens is 591 g/mol. The summed E-state index contributed by atoms with van der Waals surface area (Å²) in [5, 5.41) is 5.02. The molecule has 3 aromatic rings. The molecule has 5 nitrogen and oxygen atoms in total. The van der Waals surface area contributed by atoms with Gasteiger partial charge in [-0.25, -0.2) is 5.43 Å². The van der Waals surface area contributed by atoms with Crippen LogP contribution >= 0.6 is 62.7 Å². The van der Waals surface area contributed by atoms with Gasteiger partial charge in [-0.2, -0.15) is 5.10 Å². The molecule has 1 amide bonds. The molecular formula is C25H21BrCl2N2O3S2. The third-order valence-corrected chi connectivity index (χ3v) is 9.22. The topological polar surface area (TPSA) is 59.9 Å². The van der Waals surface area contributed by atoms with Gasteiger partial charge in [0, 0.05) is 21.5 Å². The van der Waals surface area contributed by atoms with Gasteiger partial charge >= 0.3 is 0 Å². The van der Waals surface area contributed by atoms with Crippen molar-refractivity contribution in [2.24, 2.45) is 5.10 Å². The Morgan fingerprint density at radius 2 is 1.80 bits per heavy atom. The van der Waals surface area contributed by atoms with Crippen molar-refractivity contribution < 1.29 is 14.3 Å². The summed E-state index contributed by atoms with van der Waals surface area (Å²) in [7, 11) is 0. The van der Waals surface area contributed by atoms with Crippen LogP contribution in [0.3, 0.4) is 0 Å². The second-order valence-electron chi connectivity index (χ2n) is 7.44. The Bertz CT molecular complexity index is 1210. The Morgan fingerprint density at radius 3 is 2.54 bits per heavy atom. The number of hydrogen-bond acceptors (Lipinski definition) is 6. The Hall–Kier alpha value is -1.84. The van der Waals surface area contributed by atoms with Crippen LogP contribution in [-0.2, 0) is 11.4 Å². The van der Waals surface area contributed by atoms with E-state index in [-0.39, 0.29) is 12.5 Å². The number of amides is 1. The minimum absolute atomic E-state index is 0.136. The Labute approximate surface area is 231 Å². The Balaban J connectivity index is 1.29. The maximum absolute atomic E-state index is 12.2. The van der Waals surface area contributed by atoms with Gasteiger partial charge in [0.15, 0.2) is 6.61 Å². The zero-order valence-electron chi connectivity index (χ0n) is 18.4. The average molecular weight is 612 g/mol. The lowest BCUT2D eigenvalue weighted by Crippen LogP contribution is -2.24. The quantitative estimate of drug-likeness (QED) is 0.203. The zero-order valence-corrected chi connectivity index (χ0v) is 23.1. The van der Waals surface area contributed by atoms with Gasteiger partial charge in [0.25, 0.3) is 5.91 Å². The highest BCUT2D eigenvalue weighted by molar-refractivity contribution is 9.10. The maximum Gasteiger partial charge on any atom is 0.277 e. The minimum atomic E-state index is -0.361. The third-order valence-electron chi connectivity index (χ3n) is 4.89. The second-order valence-corrected chi connectivity index (χ2v) is 11.9. The Kier molecular flexibility index (Phi) is 9.68. The molecule has 0 spiro atoms. The summed E-state index contributed by atoms with van der Waals surface area (Å²) >= 11 is 19.4. The fourth-order valence-corrected chi connectivity index (χ4v) is 6.73. The number of hydrogen-bond donors (Lipinski definition) is 1. The molecule has 1 N–H and O–H groups in total. The summed E-state index contributed by atoms with van der Waals surface area (Å²) in [5.41, 5.74) is 5.33. The first-order valence-electron chi connectivity index (χ1n) is 10.6. The highest BCUT2D eigenvalue weighted by Gasteiger charge is 2.18. The summed E-state index contributed by atoms with van der Waals surface area (Å²) in [6, 6.07) is 18.8. The molecule has 10 heteroatoms. The molecule has 0 saturated carbocycles. The van der Waals surface area contributed by atoms with Crippen LogP contribution in [-0.4, -0.2) is 30.2 Å². The van der Waals surface area contributed by atoms with Gasteiger partial charge in [0.1, 0.15) is 18.1 Å². The number of halogens is 3. The van der Waals surface area contributed by atoms with Gasteiger partial charge in [0.2, 0.25) is 0 Å². The summed E-state index contributed by atoms with van der Waals surface area (Å²) in [6.07, 6.45) is 1.53. The van der Waals surface area contributed by atoms with Crippen LogP contribution in [0.25, 0.3) is 0 Å². The Morgan fingerprint density at radius 1 is 1.03 bits per heavy atom. The fourth-order valence-electron chi connectivity index (χ4n) is 3.17. The van der Waals surface area contributed by atoms with Crippen molar-refractivity contribution in [2.45, 2.75) is 11.2 Å². The summed E-state index contributed by atoms with van der Waals surface area (Å²) in [6.45, 7) is 0.166. The maximum atomic E-state index is 12.2. The van der Waals surface area contributed by atoms with E-state index in [9.17, 15) is 4.79 Å². The van der Waals surface area contributed by atoms with Crippen LogP contribution in [0.5, 0.6) is 11.5 Å². The highest BCUT2D eigenvalue weighted by atomic mass is 79.9. The average Bonchev–Trinajstić information content (AvgIpc) is 3.40. The van der Waals surface area contributed by atoms with Crippen molar-refractivity contribution in [3.05, 3.63) is 91.9 Å². The first kappa shape index (κ1) is 26.2. The summed E-state index contributed by atoms with van der Waals surface area (Å²) < 4.78 is 12.9. The van der Waals surface area contributed by atoms with E-state index in [1.165, 1.54) is 23.3 Å². The molecule has 35 heavy (non-hydrogen) atoms. The number of nitrogens with zero attached hydrogens (tertiary/aromatic N) is 1. The lowest BCUT2D eigenvalue weighted by atomic mass is 10.2. The predicted octanol–water partition coefficient (Wildman–Crippen LogP) is 7.34. The van der Waals surface area contributed by atoms with Crippen LogP contribution in [0.15, 0.2) is 70.2 Å². The number of carbonyl (C=O) groups excluding carboxylic acids is 1. The van der Waals surface area contributed by atoms with Crippen molar-refractivity contribution in [3.8, 4) is 11.5 Å². The first-order chi connectivity index (χ1) is 17.0. The van der Waals surface area contributed by atoms with E-state index >= 15 is 0 Å². The number of thioether (sulfide) groups is 2. The predicted molar refractivity (Wildman–Crippen MR) is 150 cm³/mol. The highest BCUT2D eigenvalue weighted by Crippen LogP contribution is 2.45. The fraction of sp³-hybridized carbons (Fsp3) is 0.200. The van der Waals surface area contributed by atoms with E-state index in [0.717, 1.165) is 10.0 Å². The van der Waals surface area contributed by atoms with Crippen LogP contribution in [0, 0.1) is 0 Å². The number of hydrazone groups is 1. The molecule has 0 bridgehead atoms. The van der Waals surface area contributed by atoms with Crippen LogP contribution in [0.1, 0.15) is 21.3 Å². The summed E-state index contributed by atoms with van der Waals surface area (Å²) in [5.74, 6) is 3.25. The molecule has 0 atom stereocenters. The molecule has 1 heterocycles. The van der Waals surface area contributed by atoms with Crippen molar-refractivity contribution in [1.82, 2.24) is 5.43 Å². The number of rotatable bonds is 9. The van der Waals surface area contributed by atoms with E-state index < -0.39 is 0 Å². The molecule has 1 fully saturated rings. The van der Waals surface area contributed by atoms with E-state index in [2.05, 4.69) is 26.5 Å². The van der Waals surface area contributed by atoms with Crippen LogP contribution in [0.2, 0.25) is 10.0 Å². The largest absolute Gasteiger partial charge is 0.488 e. The van der Waals surface area contributed by atoms with Gasteiger partial charge in [-0.15, -0.1) is 23.5 Å². The third kappa shape index (κ3) is 7.82. The number of ether oxygens (including phenoxy) is 2. The molecule has 182 valence electrons. The number of benzene rings is 3. The number of carbonyl (C=O) groups is 1. The standard InChI is InChI=1S/C25H21BrCl2N2O3S2/c26-19-4-8-23(33-14-16-1-7-21(27)22(28)11-16)18(12-19)13-29-30-24(31)15-32-20-5-2-17(3-6-20)25-34-9-10-35-25/h1-8,11-13,25H,9-10,14-15H2,(H,30,31)/b29-13-. The molecule has 0 aromatic heterocycles. The zero-order chi connectivity index (χ0) is 24.6. The van der Waals surface area contributed by atoms with Crippen LogP contribution in [0.4, 0.5) is 0 Å². The van der Waals surface area contributed by atoms with E-state index in [1.54, 1.807) is 12.1 Å². The van der Waals surface area contributed by atoms with Gasteiger partial charge in [0.05, 0.1) is 20.8 Å². The van der Waals surface area contributed by atoms with Gasteiger partial charge in [-0.3, -0.25) is 4.79 Å². The van der Waals surface area contributed by atoms with Gasteiger partial charge in [-0.1, -0.05) is 57.3 Å². The van der Waals surface area contributed by atoms with Crippen molar-refractivity contribution in [3.63, 3.8) is 0 Å². The van der Waals surface area contributed by atoms with Gasteiger partial charge in [-0.05, 0) is 53.6 Å². The van der Waals surface area contributed by atoms with Crippen molar-refractivity contribution >= 4 is 74.8 Å². The summed E-state index contributed by atoms with van der Waals surface area (Å²) in [4.78, 5) is 12.2. The van der Waals surface area contributed by atoms with Crippen molar-refractivity contribution in [2.75, 3.05) is 18.1 Å². The second kappa shape index (κ2) is 12.9. The van der Waals surface area contributed by atoms with Crippen molar-refractivity contribution in [1.29, 1.82) is 0 Å². The normalized spacial score (nSPS) is 13.8. The molecule has 0 aliphatic carbocycles. The number of nitrogens with one attached hydrogen (secondary N) is 1. The molecule has 3 aromatic carbocycles. The molecule has 0 unspecified atom stereocenters. The molecule has 0 radical (unpaired) electrons. The van der Waals surface area contributed by atoms with E-state index in [0.29, 0.717) is 38.3 Å². The van der Waals surface area contributed by atoms with Gasteiger partial charge < -0.3 is 9.47 Å². The SMILES string of the molecule is O=C(COc1ccc(C2SCCS2)cc1)N/N=C\c1cc(Br)ccc1OCc1ccc(Cl)c(Cl)c1.